The fourth-order valence-electron chi connectivity index (χ4n) is 3.39. The fourth-order valence-corrected chi connectivity index (χ4v) is 4.36. The van der Waals surface area contributed by atoms with Crippen molar-refractivity contribution in [1.29, 1.82) is 0 Å². The molecular weight excluding hydrogens is 493 g/mol. The molecule has 0 spiro atoms. The molecule has 0 saturated carbocycles. The first-order chi connectivity index (χ1) is 15.3. The summed E-state index contributed by atoms with van der Waals surface area (Å²) in [7, 11) is 0. The number of halogens is 2. The molecule has 0 bridgehead atoms. The molecule has 0 aliphatic carbocycles. The van der Waals surface area contributed by atoms with Crippen molar-refractivity contribution in [3.8, 4) is 0 Å². The maximum absolute atomic E-state index is 14.2. The number of para-hydroxylation sites is 2. The predicted octanol–water partition coefficient (Wildman–Crippen LogP) is 5.50. The van der Waals surface area contributed by atoms with Gasteiger partial charge >= 0.3 is 0 Å². The number of carbonyl (C=O) groups is 1. The molecular formula is C23H27BrFN5OS. The molecule has 0 aliphatic rings. The van der Waals surface area contributed by atoms with Crippen molar-refractivity contribution < 1.29 is 9.18 Å². The molecule has 3 rings (SSSR count). The second-order valence-electron chi connectivity index (χ2n) is 7.87. The van der Waals surface area contributed by atoms with E-state index in [1.54, 1.807) is 12.1 Å². The minimum atomic E-state index is -0.376. The number of hydrogen-bond donors (Lipinski definition) is 2. The van der Waals surface area contributed by atoms with Gasteiger partial charge in [0, 0.05) is 29.6 Å². The summed E-state index contributed by atoms with van der Waals surface area (Å²) in [5.41, 5.74) is 1.44. The van der Waals surface area contributed by atoms with Gasteiger partial charge in [-0.15, -0.1) is 0 Å². The largest absolute Gasteiger partial charge is 0.349 e. The van der Waals surface area contributed by atoms with Crippen molar-refractivity contribution in [1.82, 2.24) is 20.2 Å². The summed E-state index contributed by atoms with van der Waals surface area (Å²) in [5.74, 6) is -0.410. The second kappa shape index (κ2) is 11.1. The molecule has 0 unspecified atom stereocenters. The lowest BCUT2D eigenvalue weighted by atomic mass is 10.2. The van der Waals surface area contributed by atoms with Crippen molar-refractivity contribution in [3.05, 3.63) is 58.4 Å². The molecule has 170 valence electrons. The highest BCUT2D eigenvalue weighted by molar-refractivity contribution is 9.10. The van der Waals surface area contributed by atoms with E-state index in [1.165, 1.54) is 6.07 Å². The van der Waals surface area contributed by atoms with Crippen molar-refractivity contribution in [2.24, 2.45) is 0 Å². The Bertz CT molecular complexity index is 1090. The van der Waals surface area contributed by atoms with Crippen LogP contribution < -0.4 is 10.0 Å². The minimum absolute atomic E-state index is 0.175. The van der Waals surface area contributed by atoms with E-state index in [0.717, 1.165) is 18.5 Å². The summed E-state index contributed by atoms with van der Waals surface area (Å²) in [6, 6.07) is 12.9. The van der Waals surface area contributed by atoms with E-state index in [1.807, 2.05) is 24.3 Å². The molecule has 0 fully saturated rings. The number of fused-ring (bicyclic) bond motifs is 1. The highest BCUT2D eigenvalue weighted by Crippen LogP contribution is 2.27. The first kappa shape index (κ1) is 24.4. The number of nitrogens with one attached hydrogen (secondary N) is 2. The normalized spacial score (nSPS) is 11.5. The van der Waals surface area contributed by atoms with Gasteiger partial charge in [-0.2, -0.15) is 0 Å². The van der Waals surface area contributed by atoms with Gasteiger partial charge < -0.3 is 10.0 Å². The Morgan fingerprint density at radius 2 is 1.75 bits per heavy atom. The topological polar surface area (TPSA) is 70.2 Å². The minimum Gasteiger partial charge on any atom is -0.349 e. The smallest absolute Gasteiger partial charge is 0.273 e. The zero-order valence-corrected chi connectivity index (χ0v) is 20.9. The molecule has 2 N–H and O–H groups in total. The molecule has 1 amide bonds. The fraction of sp³-hybridized carbons (Fsp3) is 0.348. The molecule has 2 aromatic carbocycles. The van der Waals surface area contributed by atoms with Gasteiger partial charge in [0.2, 0.25) is 0 Å². The van der Waals surface area contributed by atoms with Gasteiger partial charge in [-0.3, -0.25) is 9.69 Å². The van der Waals surface area contributed by atoms with Crippen LogP contribution in [-0.2, 0) is 0 Å². The summed E-state index contributed by atoms with van der Waals surface area (Å²) in [4.78, 5) is 24.8. The Balaban J connectivity index is 1.80. The standard InChI is InChI=1S/C23H27BrFN5OS/c1-14(2)30(15(3)4)12-11-26-23(31)21-22(28-19-8-6-5-7-18(19)27-21)29-32-20-10-9-16(24)13-17(20)25/h5-10,13-15H,11-12H2,1-4H3,(H,26,31)(H,28,29). The molecule has 6 nitrogen and oxygen atoms in total. The number of hydrogen-bond acceptors (Lipinski definition) is 6. The lowest BCUT2D eigenvalue weighted by Crippen LogP contribution is -2.42. The average molecular weight is 520 g/mol. The lowest BCUT2D eigenvalue weighted by Gasteiger charge is -2.30. The van der Waals surface area contributed by atoms with E-state index in [9.17, 15) is 9.18 Å². The predicted molar refractivity (Wildman–Crippen MR) is 132 cm³/mol. The number of rotatable bonds is 9. The number of benzene rings is 2. The van der Waals surface area contributed by atoms with Gasteiger partial charge in [0.25, 0.3) is 5.91 Å². The molecule has 1 heterocycles. The van der Waals surface area contributed by atoms with E-state index in [2.05, 4.69) is 68.5 Å². The summed E-state index contributed by atoms with van der Waals surface area (Å²) >= 11 is 4.30. The summed E-state index contributed by atoms with van der Waals surface area (Å²) < 4.78 is 17.9. The first-order valence-electron chi connectivity index (χ1n) is 10.4. The van der Waals surface area contributed by atoms with E-state index in [4.69, 9.17) is 0 Å². The molecule has 0 aliphatic heterocycles. The van der Waals surface area contributed by atoms with Gasteiger partial charge in [-0.05, 0) is 70.0 Å². The van der Waals surface area contributed by atoms with Crippen LogP contribution in [0.1, 0.15) is 38.2 Å². The third-order valence-corrected chi connectivity index (χ3v) is 6.26. The number of amides is 1. The maximum atomic E-state index is 14.2. The van der Waals surface area contributed by atoms with Crippen molar-refractivity contribution in [2.75, 3.05) is 17.8 Å². The van der Waals surface area contributed by atoms with Crippen LogP contribution in [0.25, 0.3) is 11.0 Å². The summed E-state index contributed by atoms with van der Waals surface area (Å²) in [6.07, 6.45) is 0. The van der Waals surface area contributed by atoms with Crippen LogP contribution >= 0.6 is 27.9 Å². The number of carbonyl (C=O) groups excluding carboxylic acids is 1. The van der Waals surface area contributed by atoms with Crippen LogP contribution in [0.5, 0.6) is 0 Å². The van der Waals surface area contributed by atoms with E-state index < -0.39 is 0 Å². The highest BCUT2D eigenvalue weighted by atomic mass is 79.9. The highest BCUT2D eigenvalue weighted by Gasteiger charge is 2.19. The average Bonchev–Trinajstić information content (AvgIpc) is 2.74. The molecule has 0 saturated heterocycles. The SMILES string of the molecule is CC(C)N(CCNC(=O)c1nc2ccccc2nc1NSc1ccc(Br)cc1F)C(C)C. The van der Waals surface area contributed by atoms with E-state index in [-0.39, 0.29) is 23.2 Å². The van der Waals surface area contributed by atoms with Gasteiger partial charge in [0.1, 0.15) is 5.82 Å². The summed E-state index contributed by atoms with van der Waals surface area (Å²) in [6.45, 7) is 9.75. The number of nitrogens with zero attached hydrogens (tertiary/aromatic N) is 3. The van der Waals surface area contributed by atoms with Gasteiger partial charge in [0.15, 0.2) is 11.5 Å². The Labute approximate surface area is 200 Å². The molecule has 1 aromatic heterocycles. The molecule has 3 aromatic rings. The van der Waals surface area contributed by atoms with Gasteiger partial charge in [-0.1, -0.05) is 28.1 Å². The molecule has 32 heavy (non-hydrogen) atoms. The zero-order valence-electron chi connectivity index (χ0n) is 18.5. The Morgan fingerprint density at radius 3 is 2.38 bits per heavy atom. The molecule has 9 heteroatoms. The van der Waals surface area contributed by atoms with Crippen molar-refractivity contribution >= 4 is 50.6 Å². The second-order valence-corrected chi connectivity index (χ2v) is 9.63. The van der Waals surface area contributed by atoms with Gasteiger partial charge in [-0.25, -0.2) is 14.4 Å². The number of anilines is 1. The monoisotopic (exact) mass is 519 g/mol. The van der Waals surface area contributed by atoms with Crippen LogP contribution in [0, 0.1) is 5.82 Å². The molecule has 0 atom stereocenters. The lowest BCUT2D eigenvalue weighted by molar-refractivity contribution is 0.0935. The van der Waals surface area contributed by atoms with Crippen LogP contribution in [0.4, 0.5) is 10.2 Å². The third-order valence-electron chi connectivity index (χ3n) is 4.92. The Hall–Kier alpha value is -2.23. The summed E-state index contributed by atoms with van der Waals surface area (Å²) in [5, 5.41) is 2.95. The van der Waals surface area contributed by atoms with E-state index >= 15 is 0 Å². The Kier molecular flexibility index (Phi) is 8.44. The quantitative estimate of drug-likeness (QED) is 0.363. The Morgan fingerprint density at radius 1 is 1.09 bits per heavy atom. The van der Waals surface area contributed by atoms with E-state index in [0.29, 0.717) is 39.0 Å². The first-order valence-corrected chi connectivity index (χ1v) is 12.1. The third kappa shape index (κ3) is 6.17. The van der Waals surface area contributed by atoms with Crippen LogP contribution in [0.15, 0.2) is 51.8 Å². The van der Waals surface area contributed by atoms with Crippen LogP contribution in [0.3, 0.4) is 0 Å². The van der Waals surface area contributed by atoms with Crippen LogP contribution in [-0.4, -0.2) is 45.9 Å². The van der Waals surface area contributed by atoms with Gasteiger partial charge in [0.05, 0.1) is 15.9 Å². The molecule has 0 radical (unpaired) electrons. The van der Waals surface area contributed by atoms with Crippen LogP contribution in [0.2, 0.25) is 0 Å². The maximum Gasteiger partial charge on any atom is 0.273 e. The number of aromatic nitrogens is 2. The van der Waals surface area contributed by atoms with Crippen molar-refractivity contribution in [3.63, 3.8) is 0 Å². The zero-order chi connectivity index (χ0) is 23.3. The van der Waals surface area contributed by atoms with Crippen molar-refractivity contribution in [2.45, 2.75) is 44.7 Å².